The molecule has 62 heavy (non-hydrogen) atoms. The maximum atomic E-state index is 12.8. The highest BCUT2D eigenvalue weighted by molar-refractivity contribution is 5.71. The minimum absolute atomic E-state index is 0.0681. The van der Waals surface area contributed by atoms with E-state index in [2.05, 4.69) is 32.9 Å². The molecule has 0 aliphatic carbocycles. The van der Waals surface area contributed by atoms with Crippen LogP contribution in [-0.2, 0) is 28.6 Å². The van der Waals surface area contributed by atoms with E-state index >= 15 is 0 Å². The van der Waals surface area contributed by atoms with Crippen molar-refractivity contribution in [1.29, 1.82) is 0 Å². The number of ether oxygens (including phenoxy) is 3. The molecular formula is C56H106O6. The number of carbonyl (C=O) groups excluding carboxylic acids is 3. The highest BCUT2D eigenvalue weighted by Crippen LogP contribution is 2.17. The summed E-state index contributed by atoms with van der Waals surface area (Å²) in [6.45, 7) is 6.64. The molecule has 0 saturated heterocycles. The Hall–Kier alpha value is -1.85. The van der Waals surface area contributed by atoms with Crippen LogP contribution in [0.3, 0.4) is 0 Å². The number of unbranched alkanes of at least 4 members (excludes halogenated alkanes) is 38. The molecule has 0 amide bonds. The molecule has 6 heteroatoms. The molecule has 0 rings (SSSR count). The van der Waals surface area contributed by atoms with Gasteiger partial charge in [0, 0.05) is 19.3 Å². The minimum atomic E-state index is -0.767. The van der Waals surface area contributed by atoms with Crippen molar-refractivity contribution in [3.05, 3.63) is 12.2 Å². The highest BCUT2D eigenvalue weighted by atomic mass is 16.6. The van der Waals surface area contributed by atoms with Gasteiger partial charge < -0.3 is 14.2 Å². The standard InChI is InChI=1S/C56H106O6/c1-4-7-10-13-16-19-21-23-24-25-26-27-28-29-30-31-33-34-37-40-43-46-49-55(58)61-52-53(51-60-54(57)48-45-42-39-36-18-15-12-9-6-3)62-56(59)50-47-44-41-38-35-32-22-20-17-14-11-8-5-2/h20,22,53H,4-19,21,23-52H2,1-3H3/b22-20-. The van der Waals surface area contributed by atoms with Gasteiger partial charge in [-0.15, -0.1) is 0 Å². The van der Waals surface area contributed by atoms with Crippen LogP contribution in [0.15, 0.2) is 12.2 Å². The molecule has 0 radical (unpaired) electrons. The number of hydrogen-bond donors (Lipinski definition) is 0. The second kappa shape index (κ2) is 51.8. The first-order valence-corrected chi connectivity index (χ1v) is 27.7. The SMILES string of the molecule is CCCCCC/C=C\CCCCCCCC(=O)OC(COC(=O)CCCCCCCCCCC)COC(=O)CCCCCCCCCCCCCCCCCCCCCCCC. The van der Waals surface area contributed by atoms with Gasteiger partial charge in [-0.25, -0.2) is 0 Å². The van der Waals surface area contributed by atoms with Crippen LogP contribution in [0.5, 0.6) is 0 Å². The fourth-order valence-electron chi connectivity index (χ4n) is 8.32. The molecule has 0 aliphatic rings. The molecule has 0 aromatic carbocycles. The molecule has 6 nitrogen and oxygen atoms in total. The summed E-state index contributed by atoms with van der Waals surface area (Å²) >= 11 is 0. The van der Waals surface area contributed by atoms with Crippen LogP contribution in [0, 0.1) is 0 Å². The Balaban J connectivity index is 4.17. The number of rotatable bonds is 51. The van der Waals surface area contributed by atoms with E-state index < -0.39 is 6.10 Å². The van der Waals surface area contributed by atoms with Crippen molar-refractivity contribution in [2.75, 3.05) is 13.2 Å². The van der Waals surface area contributed by atoms with Gasteiger partial charge in [0.25, 0.3) is 0 Å². The molecule has 1 atom stereocenters. The zero-order valence-electron chi connectivity index (χ0n) is 41.9. The van der Waals surface area contributed by atoms with Crippen LogP contribution in [0.4, 0.5) is 0 Å². The average molecular weight is 875 g/mol. The van der Waals surface area contributed by atoms with Gasteiger partial charge in [-0.1, -0.05) is 258 Å². The third-order valence-electron chi connectivity index (χ3n) is 12.5. The lowest BCUT2D eigenvalue weighted by molar-refractivity contribution is -0.167. The molecular weight excluding hydrogens is 769 g/mol. The van der Waals surface area contributed by atoms with E-state index in [9.17, 15) is 14.4 Å². The first-order chi connectivity index (χ1) is 30.5. The molecule has 0 bridgehead atoms. The van der Waals surface area contributed by atoms with Crippen LogP contribution >= 0.6 is 0 Å². The minimum Gasteiger partial charge on any atom is -0.462 e. The third-order valence-corrected chi connectivity index (χ3v) is 12.5. The van der Waals surface area contributed by atoms with Crippen LogP contribution in [-0.4, -0.2) is 37.2 Å². The highest BCUT2D eigenvalue weighted by Gasteiger charge is 2.19. The number of hydrogen-bond acceptors (Lipinski definition) is 6. The molecule has 1 unspecified atom stereocenters. The monoisotopic (exact) mass is 875 g/mol. The van der Waals surface area contributed by atoms with E-state index in [1.165, 1.54) is 205 Å². The molecule has 366 valence electrons. The molecule has 0 fully saturated rings. The van der Waals surface area contributed by atoms with E-state index in [1.807, 2.05) is 0 Å². The maximum Gasteiger partial charge on any atom is 0.306 e. The van der Waals surface area contributed by atoms with E-state index in [0.29, 0.717) is 19.3 Å². The molecule has 0 aromatic heterocycles. The summed E-state index contributed by atoms with van der Waals surface area (Å²) in [5.41, 5.74) is 0. The van der Waals surface area contributed by atoms with Crippen molar-refractivity contribution in [2.24, 2.45) is 0 Å². The van der Waals surface area contributed by atoms with Crippen LogP contribution in [0.25, 0.3) is 0 Å². The topological polar surface area (TPSA) is 78.9 Å². The number of esters is 3. The lowest BCUT2D eigenvalue weighted by atomic mass is 10.0. The molecule has 0 aliphatic heterocycles. The first-order valence-electron chi connectivity index (χ1n) is 27.7. The lowest BCUT2D eigenvalue weighted by Gasteiger charge is -2.18. The number of carbonyl (C=O) groups is 3. The fraction of sp³-hybridized carbons (Fsp3) is 0.911. The van der Waals surface area contributed by atoms with E-state index in [1.54, 1.807) is 0 Å². The molecule has 0 heterocycles. The van der Waals surface area contributed by atoms with Gasteiger partial charge in [-0.3, -0.25) is 14.4 Å². The van der Waals surface area contributed by atoms with Crippen molar-refractivity contribution in [1.82, 2.24) is 0 Å². The Bertz CT molecular complexity index is 962. The number of allylic oxidation sites excluding steroid dienone is 2. The molecule has 0 saturated carbocycles. The van der Waals surface area contributed by atoms with E-state index in [0.717, 1.165) is 64.2 Å². The third kappa shape index (κ3) is 49.2. The predicted molar refractivity (Wildman–Crippen MR) is 266 cm³/mol. The summed E-state index contributed by atoms with van der Waals surface area (Å²) in [7, 11) is 0. The quantitative estimate of drug-likeness (QED) is 0.0262. The second-order valence-electron chi connectivity index (χ2n) is 18.9. The summed E-state index contributed by atoms with van der Waals surface area (Å²) in [4.78, 5) is 37.9. The van der Waals surface area contributed by atoms with Crippen molar-refractivity contribution in [3.8, 4) is 0 Å². The lowest BCUT2D eigenvalue weighted by Crippen LogP contribution is -2.30. The summed E-state index contributed by atoms with van der Waals surface area (Å²) in [6.07, 6.45) is 57.9. The first kappa shape index (κ1) is 60.2. The fourth-order valence-corrected chi connectivity index (χ4v) is 8.32. The van der Waals surface area contributed by atoms with E-state index in [4.69, 9.17) is 14.2 Å². The summed E-state index contributed by atoms with van der Waals surface area (Å²) in [5, 5.41) is 0. The Morgan fingerprint density at radius 1 is 0.306 bits per heavy atom. The van der Waals surface area contributed by atoms with Crippen LogP contribution in [0.1, 0.15) is 310 Å². The van der Waals surface area contributed by atoms with Crippen molar-refractivity contribution in [2.45, 2.75) is 316 Å². The average Bonchev–Trinajstić information content (AvgIpc) is 3.27. The van der Waals surface area contributed by atoms with Gasteiger partial charge in [0.1, 0.15) is 13.2 Å². The summed E-state index contributed by atoms with van der Waals surface area (Å²) in [5.74, 6) is -0.861. The largest absolute Gasteiger partial charge is 0.462 e. The van der Waals surface area contributed by atoms with Gasteiger partial charge in [-0.2, -0.15) is 0 Å². The van der Waals surface area contributed by atoms with Crippen molar-refractivity contribution in [3.63, 3.8) is 0 Å². The molecule has 0 N–H and O–H groups in total. The molecule has 0 spiro atoms. The van der Waals surface area contributed by atoms with Gasteiger partial charge in [0.2, 0.25) is 0 Å². The predicted octanol–water partition coefficient (Wildman–Crippen LogP) is 18.2. The Morgan fingerprint density at radius 3 is 0.823 bits per heavy atom. The Kier molecular flexibility index (Phi) is 50.2. The Labute approximate surface area is 386 Å². The second-order valence-corrected chi connectivity index (χ2v) is 18.9. The van der Waals surface area contributed by atoms with Gasteiger partial charge in [-0.05, 0) is 44.9 Å². The zero-order chi connectivity index (χ0) is 45.1. The van der Waals surface area contributed by atoms with Crippen LogP contribution in [0.2, 0.25) is 0 Å². The maximum absolute atomic E-state index is 12.8. The summed E-state index contributed by atoms with van der Waals surface area (Å²) in [6, 6.07) is 0. The smallest absolute Gasteiger partial charge is 0.306 e. The zero-order valence-corrected chi connectivity index (χ0v) is 41.9. The van der Waals surface area contributed by atoms with Gasteiger partial charge in [0.15, 0.2) is 6.10 Å². The Morgan fingerprint density at radius 2 is 0.532 bits per heavy atom. The molecule has 0 aromatic rings. The van der Waals surface area contributed by atoms with Gasteiger partial charge >= 0.3 is 17.9 Å². The normalized spacial score (nSPS) is 12.0. The van der Waals surface area contributed by atoms with E-state index in [-0.39, 0.29) is 31.1 Å². The van der Waals surface area contributed by atoms with Crippen molar-refractivity contribution >= 4 is 17.9 Å². The van der Waals surface area contributed by atoms with Gasteiger partial charge in [0.05, 0.1) is 0 Å². The summed E-state index contributed by atoms with van der Waals surface area (Å²) < 4.78 is 16.8. The van der Waals surface area contributed by atoms with Crippen LogP contribution < -0.4 is 0 Å². The van der Waals surface area contributed by atoms with Crippen molar-refractivity contribution < 1.29 is 28.6 Å².